The van der Waals surface area contributed by atoms with E-state index in [0.717, 1.165) is 11.8 Å². The molecule has 0 bridgehead atoms. The van der Waals surface area contributed by atoms with Crippen molar-refractivity contribution < 1.29 is 13.2 Å². The molecular formula is C11H20N4O3S2. The van der Waals surface area contributed by atoms with E-state index in [2.05, 4.69) is 10.4 Å². The lowest BCUT2D eigenvalue weighted by Crippen LogP contribution is -2.35. The summed E-state index contributed by atoms with van der Waals surface area (Å²) in [5.74, 6) is -0.244. The number of rotatable bonds is 2. The van der Waals surface area contributed by atoms with Crippen molar-refractivity contribution in [2.45, 2.75) is 32.4 Å². The molecule has 0 saturated heterocycles. The maximum absolute atomic E-state index is 12.3. The van der Waals surface area contributed by atoms with Gasteiger partial charge in [0.1, 0.15) is 0 Å². The second-order valence-electron chi connectivity index (χ2n) is 6.36. The Balaban J connectivity index is 2.04. The Morgan fingerprint density at radius 1 is 1.35 bits per heavy atom. The van der Waals surface area contributed by atoms with Crippen LogP contribution in [0.1, 0.15) is 27.7 Å². The summed E-state index contributed by atoms with van der Waals surface area (Å²) in [5, 5.41) is 13.3. The SMILES string of the molecule is CN1N=C(NC(=O)C2C(C)(C)C2(C)C)SC1S(N)(=O)=O. The van der Waals surface area contributed by atoms with Crippen molar-refractivity contribution in [2.24, 2.45) is 27.0 Å². The summed E-state index contributed by atoms with van der Waals surface area (Å²) in [6.07, 6.45) is 0. The van der Waals surface area contributed by atoms with Gasteiger partial charge in [-0.1, -0.05) is 27.7 Å². The van der Waals surface area contributed by atoms with Crippen LogP contribution < -0.4 is 10.5 Å². The van der Waals surface area contributed by atoms with Crippen molar-refractivity contribution >= 4 is 32.9 Å². The Morgan fingerprint density at radius 2 is 1.85 bits per heavy atom. The van der Waals surface area contributed by atoms with Gasteiger partial charge in [0.05, 0.1) is 0 Å². The molecule has 2 rings (SSSR count). The van der Waals surface area contributed by atoms with Crippen molar-refractivity contribution in [3.05, 3.63) is 0 Å². The Labute approximate surface area is 123 Å². The van der Waals surface area contributed by atoms with Gasteiger partial charge < -0.3 is 5.32 Å². The maximum Gasteiger partial charge on any atom is 0.242 e. The third-order valence-corrected chi connectivity index (χ3v) is 7.43. The molecule has 1 fully saturated rings. The fourth-order valence-electron chi connectivity index (χ4n) is 2.75. The van der Waals surface area contributed by atoms with Gasteiger partial charge in [0.25, 0.3) is 0 Å². The first kappa shape index (κ1) is 15.6. The van der Waals surface area contributed by atoms with Crippen LogP contribution in [0.15, 0.2) is 5.10 Å². The lowest BCUT2D eigenvalue weighted by molar-refractivity contribution is -0.121. The first-order valence-corrected chi connectivity index (χ1v) is 8.68. The van der Waals surface area contributed by atoms with Crippen LogP contribution in [-0.4, -0.2) is 36.3 Å². The molecule has 1 saturated carbocycles. The Kier molecular flexibility index (Phi) is 3.39. The molecule has 7 nitrogen and oxygen atoms in total. The second-order valence-corrected chi connectivity index (χ2v) is 9.35. The summed E-state index contributed by atoms with van der Waals surface area (Å²) in [4.78, 5) is 12.3. The summed E-state index contributed by atoms with van der Waals surface area (Å²) in [6.45, 7) is 8.17. The van der Waals surface area contributed by atoms with Crippen molar-refractivity contribution in [1.29, 1.82) is 0 Å². The van der Waals surface area contributed by atoms with Gasteiger partial charge in [-0.15, -0.1) is 0 Å². The number of thioether (sulfide) groups is 1. The van der Waals surface area contributed by atoms with Crippen molar-refractivity contribution in [2.75, 3.05) is 7.05 Å². The van der Waals surface area contributed by atoms with Gasteiger partial charge in [0.2, 0.25) is 20.6 Å². The van der Waals surface area contributed by atoms with E-state index in [1.165, 1.54) is 12.1 Å². The predicted molar refractivity (Wildman–Crippen MR) is 78.9 cm³/mol. The maximum atomic E-state index is 12.3. The van der Waals surface area contributed by atoms with E-state index in [4.69, 9.17) is 5.14 Å². The third-order valence-electron chi connectivity index (χ3n) is 4.56. The topological polar surface area (TPSA) is 105 Å². The molecule has 1 atom stereocenters. The zero-order valence-electron chi connectivity index (χ0n) is 12.2. The zero-order valence-corrected chi connectivity index (χ0v) is 13.8. The van der Waals surface area contributed by atoms with Crippen LogP contribution in [0.4, 0.5) is 0 Å². The summed E-state index contributed by atoms with van der Waals surface area (Å²) < 4.78 is 21.7. The number of nitrogens with two attached hydrogens (primary N) is 1. The highest BCUT2D eigenvalue weighted by molar-refractivity contribution is 8.22. The Hall–Kier alpha value is -0.800. The summed E-state index contributed by atoms with van der Waals surface area (Å²) in [7, 11) is -2.24. The molecule has 20 heavy (non-hydrogen) atoms. The largest absolute Gasteiger partial charge is 0.303 e. The summed E-state index contributed by atoms with van der Waals surface area (Å²) >= 11 is 0.931. The van der Waals surface area contributed by atoms with Crippen LogP contribution in [0, 0.1) is 16.7 Å². The van der Waals surface area contributed by atoms with Gasteiger partial charge in [-0.05, 0) is 22.6 Å². The Morgan fingerprint density at radius 3 is 2.20 bits per heavy atom. The number of primary sulfonamides is 1. The van der Waals surface area contributed by atoms with Gasteiger partial charge >= 0.3 is 0 Å². The van der Waals surface area contributed by atoms with Gasteiger partial charge in [-0.3, -0.25) is 9.80 Å². The number of hydrazone groups is 1. The van der Waals surface area contributed by atoms with Crippen LogP contribution in [0.3, 0.4) is 0 Å². The molecule has 114 valence electrons. The molecule has 1 heterocycles. The molecular weight excluding hydrogens is 300 g/mol. The highest BCUT2D eigenvalue weighted by Crippen LogP contribution is 2.68. The average Bonchev–Trinajstić information content (AvgIpc) is 2.53. The Bertz CT molecular complexity index is 568. The lowest BCUT2D eigenvalue weighted by Gasteiger charge is -2.13. The number of hydrogen-bond donors (Lipinski definition) is 2. The van der Waals surface area contributed by atoms with Crippen LogP contribution in [0.25, 0.3) is 0 Å². The smallest absolute Gasteiger partial charge is 0.242 e. The van der Waals surface area contributed by atoms with Crippen molar-refractivity contribution in [3.8, 4) is 0 Å². The summed E-state index contributed by atoms with van der Waals surface area (Å²) in [6, 6.07) is 0. The minimum atomic E-state index is -3.75. The molecule has 1 aliphatic carbocycles. The van der Waals surface area contributed by atoms with E-state index < -0.39 is 14.7 Å². The third kappa shape index (κ3) is 2.31. The molecule has 0 spiro atoms. The number of sulfonamides is 1. The predicted octanol–water partition coefficient (Wildman–Crippen LogP) is 0.307. The number of nitrogens with zero attached hydrogens (tertiary/aromatic N) is 2. The van der Waals surface area contributed by atoms with Crippen molar-refractivity contribution in [3.63, 3.8) is 0 Å². The first-order valence-electron chi connectivity index (χ1n) is 6.19. The molecule has 3 N–H and O–H groups in total. The highest BCUT2D eigenvalue weighted by atomic mass is 32.3. The molecule has 0 aromatic rings. The van der Waals surface area contributed by atoms with Crippen LogP contribution in [0.5, 0.6) is 0 Å². The molecule has 1 unspecified atom stereocenters. The number of carbonyl (C=O) groups excluding carboxylic acids is 1. The number of hydrogen-bond acceptors (Lipinski definition) is 6. The number of nitrogens with one attached hydrogen (secondary N) is 1. The zero-order chi connectivity index (χ0) is 15.5. The minimum absolute atomic E-state index is 0.0772. The number of amides is 1. The molecule has 1 aliphatic heterocycles. The lowest BCUT2D eigenvalue weighted by atomic mass is 10.0. The molecule has 2 aliphatic rings. The molecule has 0 radical (unpaired) electrons. The van der Waals surface area contributed by atoms with Crippen LogP contribution in [0.2, 0.25) is 0 Å². The molecule has 1 amide bonds. The van der Waals surface area contributed by atoms with Gasteiger partial charge in [0, 0.05) is 13.0 Å². The van der Waals surface area contributed by atoms with Gasteiger partial charge in [-0.25, -0.2) is 13.6 Å². The molecule has 0 aromatic heterocycles. The number of carbonyl (C=O) groups is 1. The summed E-state index contributed by atoms with van der Waals surface area (Å²) in [5.41, 5.74) is -0.154. The van der Waals surface area contributed by atoms with E-state index in [-0.39, 0.29) is 27.8 Å². The molecule has 9 heteroatoms. The van der Waals surface area contributed by atoms with Crippen LogP contribution in [-0.2, 0) is 14.8 Å². The number of amidine groups is 1. The van der Waals surface area contributed by atoms with Gasteiger partial charge in [-0.2, -0.15) is 5.10 Å². The van der Waals surface area contributed by atoms with E-state index in [9.17, 15) is 13.2 Å². The standard InChI is InChI=1S/C11H20N4O3S2/c1-10(2)6(11(10,3)4)7(16)13-8-14-15(5)9(19-8)20(12,17)18/h6,9H,1-5H3,(H2,12,17,18)(H,13,14,16). The quantitative estimate of drug-likeness (QED) is 0.761. The van der Waals surface area contributed by atoms with Gasteiger partial charge in [0.15, 0.2) is 5.17 Å². The van der Waals surface area contributed by atoms with E-state index in [1.807, 2.05) is 27.7 Å². The van der Waals surface area contributed by atoms with E-state index in [0.29, 0.717) is 0 Å². The molecule has 0 aromatic carbocycles. The fraction of sp³-hybridized carbons (Fsp3) is 0.818. The average molecular weight is 320 g/mol. The minimum Gasteiger partial charge on any atom is -0.303 e. The fourth-order valence-corrected chi connectivity index (χ4v) is 4.76. The second kappa shape index (κ2) is 4.35. The first-order chi connectivity index (χ1) is 8.89. The van der Waals surface area contributed by atoms with Crippen LogP contribution >= 0.6 is 11.8 Å². The van der Waals surface area contributed by atoms with E-state index >= 15 is 0 Å². The van der Waals surface area contributed by atoms with Crippen molar-refractivity contribution in [1.82, 2.24) is 10.3 Å². The monoisotopic (exact) mass is 320 g/mol. The van der Waals surface area contributed by atoms with E-state index in [1.54, 1.807) is 0 Å². The normalized spacial score (nSPS) is 28.2. The highest BCUT2D eigenvalue weighted by Gasteiger charge is 2.68.